The van der Waals surface area contributed by atoms with Crippen molar-refractivity contribution in [2.24, 2.45) is 7.05 Å². The number of thioether (sulfide) groups is 1. The highest BCUT2D eigenvalue weighted by Crippen LogP contribution is 2.23. The fourth-order valence-corrected chi connectivity index (χ4v) is 4.45. The molecular formula is C25H27N5O4S. The van der Waals surface area contributed by atoms with Gasteiger partial charge in [0.15, 0.2) is 10.9 Å². The Morgan fingerprint density at radius 1 is 1.09 bits per heavy atom. The topological polar surface area (TPSA) is 108 Å². The molecule has 0 saturated heterocycles. The molecule has 0 aliphatic rings. The van der Waals surface area contributed by atoms with Crippen LogP contribution < -0.4 is 15.6 Å². The molecule has 4 rings (SSSR count). The molecule has 35 heavy (non-hydrogen) atoms. The predicted molar refractivity (Wildman–Crippen MR) is 136 cm³/mol. The van der Waals surface area contributed by atoms with Crippen molar-refractivity contribution >= 4 is 40.1 Å². The van der Waals surface area contributed by atoms with E-state index in [9.17, 15) is 14.4 Å². The SMILES string of the molecule is CCOc1ccc(C(=O)CSc2nnc3n(C)c(=O)c4ccc(C(=O)NC(C)CC)cc4n23)cc1. The number of hydrogen-bond donors (Lipinski definition) is 1. The number of carbonyl (C=O) groups is 2. The van der Waals surface area contributed by atoms with Crippen molar-refractivity contribution in [3.63, 3.8) is 0 Å². The van der Waals surface area contributed by atoms with Crippen molar-refractivity contribution in [2.45, 2.75) is 38.4 Å². The third-order valence-electron chi connectivity index (χ3n) is 5.76. The third-order valence-corrected chi connectivity index (χ3v) is 6.69. The quantitative estimate of drug-likeness (QED) is 0.281. The van der Waals surface area contributed by atoms with Crippen molar-refractivity contribution in [1.29, 1.82) is 0 Å². The van der Waals surface area contributed by atoms with Gasteiger partial charge in [-0.2, -0.15) is 0 Å². The first kappa shape index (κ1) is 24.5. The van der Waals surface area contributed by atoms with E-state index in [0.29, 0.717) is 45.3 Å². The van der Waals surface area contributed by atoms with Gasteiger partial charge in [-0.05, 0) is 62.7 Å². The summed E-state index contributed by atoms with van der Waals surface area (Å²) in [6, 6.07) is 12.0. The Hall–Kier alpha value is -3.66. The maximum absolute atomic E-state index is 12.9. The van der Waals surface area contributed by atoms with Gasteiger partial charge < -0.3 is 10.1 Å². The number of ether oxygens (including phenoxy) is 1. The molecule has 10 heteroatoms. The number of benzene rings is 2. The Kier molecular flexibility index (Phi) is 7.20. The molecule has 0 saturated carbocycles. The van der Waals surface area contributed by atoms with Crippen LogP contribution in [0, 0.1) is 0 Å². The zero-order valence-corrected chi connectivity index (χ0v) is 20.9. The van der Waals surface area contributed by atoms with Gasteiger partial charge in [-0.15, -0.1) is 10.2 Å². The number of nitrogens with zero attached hydrogens (tertiary/aromatic N) is 4. The van der Waals surface area contributed by atoms with E-state index in [-0.39, 0.29) is 29.0 Å². The highest BCUT2D eigenvalue weighted by Gasteiger charge is 2.18. The van der Waals surface area contributed by atoms with E-state index in [4.69, 9.17) is 4.74 Å². The monoisotopic (exact) mass is 493 g/mol. The minimum atomic E-state index is -0.240. The normalized spacial score (nSPS) is 12.1. The second-order valence-electron chi connectivity index (χ2n) is 8.17. The molecule has 0 spiro atoms. The highest BCUT2D eigenvalue weighted by molar-refractivity contribution is 7.99. The fraction of sp³-hybridized carbons (Fsp3) is 0.320. The maximum Gasteiger partial charge on any atom is 0.262 e. The Bertz CT molecular complexity index is 1460. The van der Waals surface area contributed by atoms with Crippen LogP contribution in [-0.2, 0) is 7.05 Å². The lowest BCUT2D eigenvalue weighted by atomic mass is 10.1. The molecule has 2 aromatic carbocycles. The minimum absolute atomic E-state index is 0.0245. The lowest BCUT2D eigenvalue weighted by molar-refractivity contribution is 0.0938. The fourth-order valence-electron chi connectivity index (χ4n) is 3.62. The van der Waals surface area contributed by atoms with E-state index in [1.807, 2.05) is 20.8 Å². The molecule has 0 fully saturated rings. The summed E-state index contributed by atoms with van der Waals surface area (Å²) in [7, 11) is 1.62. The standard InChI is InChI=1S/C25H27N5O4S/c1-5-15(3)26-22(32)17-9-12-19-20(13-17)30-24(29(4)23(19)33)27-28-25(30)35-14-21(31)16-7-10-18(11-8-16)34-6-2/h7-13,15H,5-6,14H2,1-4H3,(H,26,32). The summed E-state index contributed by atoms with van der Waals surface area (Å²) in [5.74, 6) is 0.882. The Labute approximate surface area is 206 Å². The summed E-state index contributed by atoms with van der Waals surface area (Å²) in [5, 5.41) is 12.2. The number of fused-ring (bicyclic) bond motifs is 3. The van der Waals surface area contributed by atoms with Gasteiger partial charge in [0, 0.05) is 24.2 Å². The Morgan fingerprint density at radius 2 is 1.80 bits per heavy atom. The molecule has 0 aliphatic heterocycles. The Balaban J connectivity index is 1.68. The lowest BCUT2D eigenvalue weighted by Gasteiger charge is -2.13. The number of ketones is 1. The molecule has 2 aromatic heterocycles. The summed E-state index contributed by atoms with van der Waals surface area (Å²) in [5.41, 5.74) is 1.27. The van der Waals surface area contributed by atoms with Gasteiger partial charge in [0.05, 0.1) is 23.3 Å². The average Bonchev–Trinajstić information content (AvgIpc) is 3.30. The largest absolute Gasteiger partial charge is 0.494 e. The number of rotatable bonds is 9. The van der Waals surface area contributed by atoms with E-state index < -0.39 is 0 Å². The second kappa shape index (κ2) is 10.3. The van der Waals surface area contributed by atoms with Crippen molar-refractivity contribution in [2.75, 3.05) is 12.4 Å². The molecule has 4 aromatic rings. The van der Waals surface area contributed by atoms with Gasteiger partial charge in [-0.25, -0.2) is 0 Å². The number of aromatic nitrogens is 4. The average molecular weight is 494 g/mol. The van der Waals surface area contributed by atoms with Gasteiger partial charge in [-0.3, -0.25) is 23.4 Å². The third kappa shape index (κ3) is 4.93. The van der Waals surface area contributed by atoms with Crippen molar-refractivity contribution in [1.82, 2.24) is 24.5 Å². The number of amides is 1. The number of Topliss-reactive ketones (excluding diaryl/α,β-unsaturated/α-hetero) is 1. The first-order chi connectivity index (χ1) is 16.8. The number of aryl methyl sites for hydroxylation is 1. The molecule has 1 amide bonds. The molecule has 2 heterocycles. The molecule has 1 N–H and O–H groups in total. The van der Waals surface area contributed by atoms with E-state index in [1.165, 1.54) is 16.3 Å². The molecule has 0 bridgehead atoms. The van der Waals surface area contributed by atoms with Crippen molar-refractivity contribution < 1.29 is 14.3 Å². The summed E-state index contributed by atoms with van der Waals surface area (Å²) >= 11 is 1.22. The van der Waals surface area contributed by atoms with Crippen LogP contribution in [0.4, 0.5) is 0 Å². The van der Waals surface area contributed by atoms with Gasteiger partial charge in [-0.1, -0.05) is 18.7 Å². The summed E-state index contributed by atoms with van der Waals surface area (Å²) in [6.07, 6.45) is 0.804. The van der Waals surface area contributed by atoms with Crippen LogP contribution in [-0.4, -0.2) is 49.3 Å². The van der Waals surface area contributed by atoms with Crippen molar-refractivity contribution in [3.8, 4) is 5.75 Å². The van der Waals surface area contributed by atoms with Crippen LogP contribution in [0.1, 0.15) is 47.9 Å². The molecule has 9 nitrogen and oxygen atoms in total. The first-order valence-electron chi connectivity index (χ1n) is 11.4. The number of hydrogen-bond acceptors (Lipinski definition) is 7. The van der Waals surface area contributed by atoms with Crippen LogP contribution in [0.3, 0.4) is 0 Å². The molecule has 0 aliphatic carbocycles. The van der Waals surface area contributed by atoms with Crippen LogP contribution in [0.2, 0.25) is 0 Å². The number of nitrogens with one attached hydrogen (secondary N) is 1. The highest BCUT2D eigenvalue weighted by atomic mass is 32.2. The van der Waals surface area contributed by atoms with Gasteiger partial charge in [0.1, 0.15) is 5.75 Å². The van der Waals surface area contributed by atoms with Crippen LogP contribution in [0.25, 0.3) is 16.7 Å². The van der Waals surface area contributed by atoms with Crippen LogP contribution in [0.15, 0.2) is 52.4 Å². The lowest BCUT2D eigenvalue weighted by Crippen LogP contribution is -2.32. The molecular weight excluding hydrogens is 466 g/mol. The van der Waals surface area contributed by atoms with E-state index in [0.717, 1.165) is 6.42 Å². The van der Waals surface area contributed by atoms with Gasteiger partial charge in [0.2, 0.25) is 5.78 Å². The zero-order chi connectivity index (χ0) is 25.1. The van der Waals surface area contributed by atoms with Gasteiger partial charge >= 0.3 is 0 Å². The van der Waals surface area contributed by atoms with E-state index >= 15 is 0 Å². The summed E-state index contributed by atoms with van der Waals surface area (Å²) in [6.45, 7) is 6.39. The summed E-state index contributed by atoms with van der Waals surface area (Å²) < 4.78 is 8.55. The Morgan fingerprint density at radius 3 is 2.49 bits per heavy atom. The second-order valence-corrected chi connectivity index (χ2v) is 9.11. The zero-order valence-electron chi connectivity index (χ0n) is 20.1. The summed E-state index contributed by atoms with van der Waals surface area (Å²) in [4.78, 5) is 38.4. The molecule has 0 radical (unpaired) electrons. The minimum Gasteiger partial charge on any atom is -0.494 e. The first-order valence-corrected chi connectivity index (χ1v) is 12.4. The molecule has 1 atom stereocenters. The van der Waals surface area contributed by atoms with E-state index in [2.05, 4.69) is 15.5 Å². The predicted octanol–water partition coefficient (Wildman–Crippen LogP) is 3.48. The van der Waals surface area contributed by atoms with E-state index in [1.54, 1.807) is 53.9 Å². The smallest absolute Gasteiger partial charge is 0.262 e. The van der Waals surface area contributed by atoms with Crippen molar-refractivity contribution in [3.05, 3.63) is 63.9 Å². The maximum atomic E-state index is 12.9. The molecule has 1 unspecified atom stereocenters. The molecule has 182 valence electrons. The van der Waals surface area contributed by atoms with Gasteiger partial charge in [0.25, 0.3) is 11.5 Å². The number of carbonyl (C=O) groups excluding carboxylic acids is 2. The van der Waals surface area contributed by atoms with Crippen LogP contribution >= 0.6 is 11.8 Å². The van der Waals surface area contributed by atoms with Crippen LogP contribution in [0.5, 0.6) is 5.75 Å².